The minimum atomic E-state index is 0.457. The second kappa shape index (κ2) is 4.07. The molecule has 11 heavy (non-hydrogen) atoms. The third-order valence-corrected chi connectivity index (χ3v) is 2.33. The molecule has 2 nitrogen and oxygen atoms in total. The van der Waals surface area contributed by atoms with Gasteiger partial charge < -0.3 is 4.74 Å². The Hall–Kier alpha value is -0.0800. The van der Waals surface area contributed by atoms with Crippen LogP contribution in [0.5, 0.6) is 0 Å². The van der Waals surface area contributed by atoms with Crippen LogP contribution in [0, 0.1) is 0 Å². The van der Waals surface area contributed by atoms with Crippen LogP contribution in [0.1, 0.15) is 27.2 Å². The predicted octanol–water partition coefficient (Wildman–Crippen LogP) is 1.51. The van der Waals surface area contributed by atoms with Crippen LogP contribution in [0.2, 0.25) is 0 Å². The van der Waals surface area contributed by atoms with E-state index >= 15 is 0 Å². The van der Waals surface area contributed by atoms with Crippen molar-refractivity contribution in [3.05, 3.63) is 0 Å². The van der Waals surface area contributed by atoms with Crippen molar-refractivity contribution in [2.24, 2.45) is 0 Å². The molecule has 0 aromatic rings. The summed E-state index contributed by atoms with van der Waals surface area (Å²) in [5, 5.41) is 0. The van der Waals surface area contributed by atoms with Crippen LogP contribution in [0.4, 0.5) is 0 Å². The van der Waals surface area contributed by atoms with Crippen molar-refractivity contribution in [3.8, 4) is 0 Å². The Labute approximate surface area is 69.5 Å². The maximum absolute atomic E-state index is 5.54. The zero-order chi connectivity index (χ0) is 8.27. The highest BCUT2D eigenvalue weighted by Gasteiger charge is 2.15. The Morgan fingerprint density at radius 3 is 2.73 bits per heavy atom. The van der Waals surface area contributed by atoms with E-state index in [2.05, 4.69) is 25.7 Å². The molecule has 0 aromatic heterocycles. The van der Waals surface area contributed by atoms with Crippen LogP contribution >= 0.6 is 0 Å². The van der Waals surface area contributed by atoms with Gasteiger partial charge in [-0.25, -0.2) is 0 Å². The lowest BCUT2D eigenvalue weighted by Crippen LogP contribution is -2.32. The van der Waals surface area contributed by atoms with E-state index in [1.807, 2.05) is 0 Å². The van der Waals surface area contributed by atoms with Crippen molar-refractivity contribution in [2.75, 3.05) is 19.7 Å². The average molecular weight is 157 g/mol. The topological polar surface area (TPSA) is 12.5 Å². The standard InChI is InChI=1S/C9H19NO/c1-8(2)10-5-4-9(3)11-7-6-10/h8-9H,4-7H2,1-3H3/t9-/m1/s1. The summed E-state index contributed by atoms with van der Waals surface area (Å²) in [4.78, 5) is 2.48. The van der Waals surface area contributed by atoms with Crippen molar-refractivity contribution in [2.45, 2.75) is 39.3 Å². The molecule has 0 spiro atoms. The summed E-state index contributed by atoms with van der Waals surface area (Å²) in [5.41, 5.74) is 0. The summed E-state index contributed by atoms with van der Waals surface area (Å²) >= 11 is 0. The van der Waals surface area contributed by atoms with Gasteiger partial charge in [0.2, 0.25) is 0 Å². The summed E-state index contributed by atoms with van der Waals surface area (Å²) in [6, 6.07) is 0.670. The zero-order valence-corrected chi connectivity index (χ0v) is 7.84. The monoisotopic (exact) mass is 157 g/mol. The van der Waals surface area contributed by atoms with Crippen molar-refractivity contribution in [1.82, 2.24) is 4.90 Å². The van der Waals surface area contributed by atoms with E-state index in [1.165, 1.54) is 13.0 Å². The Morgan fingerprint density at radius 2 is 2.09 bits per heavy atom. The van der Waals surface area contributed by atoms with E-state index in [4.69, 9.17) is 4.74 Å². The molecule has 0 aliphatic carbocycles. The average Bonchev–Trinajstić information content (AvgIpc) is 2.13. The Bertz CT molecular complexity index is 114. The number of nitrogens with zero attached hydrogens (tertiary/aromatic N) is 1. The van der Waals surface area contributed by atoms with Gasteiger partial charge in [0.25, 0.3) is 0 Å². The minimum absolute atomic E-state index is 0.457. The Balaban J connectivity index is 2.34. The van der Waals surface area contributed by atoms with Gasteiger partial charge in [0.1, 0.15) is 0 Å². The van der Waals surface area contributed by atoms with Crippen LogP contribution in [-0.4, -0.2) is 36.7 Å². The molecular weight excluding hydrogens is 138 g/mol. The molecular formula is C9H19NO. The fourth-order valence-corrected chi connectivity index (χ4v) is 1.43. The van der Waals surface area contributed by atoms with Crippen molar-refractivity contribution >= 4 is 0 Å². The molecule has 0 saturated carbocycles. The van der Waals surface area contributed by atoms with Crippen LogP contribution in [0.25, 0.3) is 0 Å². The smallest absolute Gasteiger partial charge is 0.0597 e. The number of ether oxygens (including phenoxy) is 1. The third kappa shape index (κ3) is 2.80. The maximum atomic E-state index is 5.54. The molecule has 1 aliphatic rings. The molecule has 1 atom stereocenters. The van der Waals surface area contributed by atoms with Crippen LogP contribution in [0.15, 0.2) is 0 Å². The first-order valence-corrected chi connectivity index (χ1v) is 4.56. The van der Waals surface area contributed by atoms with Gasteiger partial charge in [-0.05, 0) is 27.2 Å². The van der Waals surface area contributed by atoms with Crippen LogP contribution in [-0.2, 0) is 4.74 Å². The van der Waals surface area contributed by atoms with Gasteiger partial charge in [-0.3, -0.25) is 4.90 Å². The summed E-state index contributed by atoms with van der Waals surface area (Å²) < 4.78 is 5.54. The molecule has 1 aliphatic heterocycles. The highest BCUT2D eigenvalue weighted by Crippen LogP contribution is 2.08. The first-order valence-electron chi connectivity index (χ1n) is 4.56. The second-order valence-electron chi connectivity index (χ2n) is 3.60. The predicted molar refractivity (Wildman–Crippen MR) is 46.7 cm³/mol. The van der Waals surface area contributed by atoms with Gasteiger partial charge in [0.05, 0.1) is 12.7 Å². The first-order chi connectivity index (χ1) is 5.20. The molecule has 1 saturated heterocycles. The molecule has 2 heteroatoms. The van der Waals surface area contributed by atoms with Gasteiger partial charge in [-0.1, -0.05) is 0 Å². The summed E-state index contributed by atoms with van der Waals surface area (Å²) in [7, 11) is 0. The summed E-state index contributed by atoms with van der Waals surface area (Å²) in [5.74, 6) is 0. The Kier molecular flexibility index (Phi) is 3.34. The van der Waals surface area contributed by atoms with Crippen molar-refractivity contribution in [1.29, 1.82) is 0 Å². The van der Waals surface area contributed by atoms with Gasteiger partial charge in [0.15, 0.2) is 0 Å². The Morgan fingerprint density at radius 1 is 1.36 bits per heavy atom. The molecule has 0 unspecified atom stereocenters. The van der Waals surface area contributed by atoms with E-state index in [0.29, 0.717) is 12.1 Å². The third-order valence-electron chi connectivity index (χ3n) is 2.33. The van der Waals surface area contributed by atoms with Crippen LogP contribution < -0.4 is 0 Å². The highest BCUT2D eigenvalue weighted by molar-refractivity contribution is 4.68. The summed E-state index contributed by atoms with van der Waals surface area (Å²) in [6.07, 6.45) is 1.64. The minimum Gasteiger partial charge on any atom is -0.377 e. The molecule has 0 bridgehead atoms. The van der Waals surface area contributed by atoms with E-state index in [0.717, 1.165) is 13.2 Å². The largest absolute Gasteiger partial charge is 0.377 e. The molecule has 1 rings (SSSR count). The molecule has 0 amide bonds. The molecule has 66 valence electrons. The van der Waals surface area contributed by atoms with Gasteiger partial charge >= 0.3 is 0 Å². The molecule has 1 fully saturated rings. The fourth-order valence-electron chi connectivity index (χ4n) is 1.43. The first kappa shape index (κ1) is 9.01. The fraction of sp³-hybridized carbons (Fsp3) is 1.00. The number of rotatable bonds is 1. The zero-order valence-electron chi connectivity index (χ0n) is 7.84. The van der Waals surface area contributed by atoms with E-state index in [-0.39, 0.29) is 0 Å². The SMILES string of the molecule is CC(C)N1CCO[C@H](C)CC1. The van der Waals surface area contributed by atoms with Crippen molar-refractivity contribution < 1.29 is 4.74 Å². The normalized spacial score (nSPS) is 28.9. The number of hydrogen-bond acceptors (Lipinski definition) is 2. The molecule has 0 radical (unpaired) electrons. The lowest BCUT2D eigenvalue weighted by molar-refractivity contribution is 0.0738. The highest BCUT2D eigenvalue weighted by atomic mass is 16.5. The van der Waals surface area contributed by atoms with E-state index in [1.54, 1.807) is 0 Å². The lowest BCUT2D eigenvalue weighted by atomic mass is 10.2. The molecule has 0 N–H and O–H groups in total. The van der Waals surface area contributed by atoms with Crippen molar-refractivity contribution in [3.63, 3.8) is 0 Å². The molecule has 1 heterocycles. The van der Waals surface area contributed by atoms with E-state index in [9.17, 15) is 0 Å². The van der Waals surface area contributed by atoms with E-state index < -0.39 is 0 Å². The van der Waals surface area contributed by atoms with Gasteiger partial charge in [0, 0.05) is 19.1 Å². The molecule has 0 aromatic carbocycles. The van der Waals surface area contributed by atoms with Crippen LogP contribution in [0.3, 0.4) is 0 Å². The second-order valence-corrected chi connectivity index (χ2v) is 3.60. The maximum Gasteiger partial charge on any atom is 0.0597 e. The van der Waals surface area contributed by atoms with Gasteiger partial charge in [-0.2, -0.15) is 0 Å². The lowest BCUT2D eigenvalue weighted by Gasteiger charge is -2.23. The quantitative estimate of drug-likeness (QED) is 0.572. The van der Waals surface area contributed by atoms with Gasteiger partial charge in [-0.15, -0.1) is 0 Å². The summed E-state index contributed by atoms with van der Waals surface area (Å²) in [6.45, 7) is 9.84. The number of hydrogen-bond donors (Lipinski definition) is 0.